The summed E-state index contributed by atoms with van der Waals surface area (Å²) in [4.78, 5) is 10.9. The number of likely N-dealkylation sites (tertiary alicyclic amines) is 1. The highest BCUT2D eigenvalue weighted by Gasteiger charge is 2.34. The first-order chi connectivity index (χ1) is 18.4. The van der Waals surface area contributed by atoms with Gasteiger partial charge in [0.05, 0.1) is 22.5 Å². The van der Waals surface area contributed by atoms with Gasteiger partial charge in [-0.25, -0.2) is 17.8 Å². The van der Waals surface area contributed by atoms with Crippen LogP contribution < -0.4 is 9.62 Å². The Bertz CT molecular complexity index is 1320. The number of anilines is 2. The van der Waals surface area contributed by atoms with E-state index in [9.17, 15) is 26.0 Å². The van der Waals surface area contributed by atoms with Crippen LogP contribution in [0.1, 0.15) is 24.0 Å². The van der Waals surface area contributed by atoms with Crippen molar-refractivity contribution in [3.63, 3.8) is 0 Å². The highest BCUT2D eigenvalue weighted by Crippen LogP contribution is 2.32. The lowest BCUT2D eigenvalue weighted by Crippen LogP contribution is -2.58. The van der Waals surface area contributed by atoms with Crippen molar-refractivity contribution in [2.24, 2.45) is 0 Å². The smallest absolute Gasteiger partial charge is 0.352 e. The molecule has 1 N–H and O–H groups in total. The van der Waals surface area contributed by atoms with Crippen molar-refractivity contribution >= 4 is 33.1 Å². The van der Waals surface area contributed by atoms with Crippen molar-refractivity contribution in [1.82, 2.24) is 14.8 Å². The average molecular weight is 588 g/mol. The quantitative estimate of drug-likeness (QED) is 0.342. The summed E-state index contributed by atoms with van der Waals surface area (Å²) in [6.45, 7) is 10.9. The van der Waals surface area contributed by atoms with Gasteiger partial charge in [-0.15, -0.1) is 6.58 Å². The van der Waals surface area contributed by atoms with Crippen molar-refractivity contribution in [1.29, 1.82) is 0 Å². The molecule has 0 spiro atoms. The molecule has 4 rings (SSSR count). The lowest BCUT2D eigenvalue weighted by Gasteiger charge is -2.47. The van der Waals surface area contributed by atoms with Crippen LogP contribution in [0, 0.1) is 5.82 Å². The maximum absolute atomic E-state index is 14.3. The van der Waals surface area contributed by atoms with E-state index in [4.69, 9.17) is 11.6 Å². The molecule has 13 heteroatoms. The third-order valence-corrected chi connectivity index (χ3v) is 8.37. The van der Waals surface area contributed by atoms with Gasteiger partial charge in [0.1, 0.15) is 11.6 Å². The Morgan fingerprint density at radius 2 is 1.85 bits per heavy atom. The summed E-state index contributed by atoms with van der Waals surface area (Å²) in [6, 6.07) is 4.52. The number of rotatable bonds is 8. The fourth-order valence-corrected chi connectivity index (χ4v) is 5.92. The summed E-state index contributed by atoms with van der Waals surface area (Å²) < 4.78 is 78.6. The fraction of sp³-hybridized carbons (Fsp3) is 0.423. The van der Waals surface area contributed by atoms with Crippen molar-refractivity contribution in [3.8, 4) is 0 Å². The fourth-order valence-electron chi connectivity index (χ4n) is 5.11. The molecule has 1 aromatic heterocycles. The van der Waals surface area contributed by atoms with Crippen LogP contribution in [0.15, 0.2) is 55.1 Å². The molecular formula is C26H30ClF4N5O2S. The molecule has 1 atom stereocenters. The summed E-state index contributed by atoms with van der Waals surface area (Å²) in [7, 11) is -3.67. The molecule has 39 heavy (non-hydrogen) atoms. The highest BCUT2D eigenvalue weighted by atomic mass is 35.5. The number of sulfonamides is 1. The summed E-state index contributed by atoms with van der Waals surface area (Å²) in [5.41, 5.74) is -0.487. The van der Waals surface area contributed by atoms with Gasteiger partial charge in [0.25, 0.3) is 10.0 Å². The molecule has 2 aliphatic rings. The Balaban J connectivity index is 1.34. The van der Waals surface area contributed by atoms with Gasteiger partial charge in [-0.2, -0.15) is 13.2 Å². The third-order valence-electron chi connectivity index (χ3n) is 7.13. The van der Waals surface area contributed by atoms with Crippen molar-refractivity contribution < 1.29 is 26.0 Å². The lowest BCUT2D eigenvalue weighted by atomic mass is 9.98. The number of aromatic nitrogens is 1. The van der Waals surface area contributed by atoms with Crippen LogP contribution in [0.5, 0.6) is 0 Å². The standard InChI is InChI=1S/C26H30ClF4N5O2S/c1-3-21-17-35(25-23(27)14-20(15-32-25)33-39(37,38)4-2)11-12-36(21)22-7-9-34(10-8-22)16-18-5-6-19(13-24(18)28)26(29,30)31/h3-6,13-15,21-22,33H,1-2,7-12,16-17H2/t21-/m0/s1. The van der Waals surface area contributed by atoms with Crippen LogP contribution in [-0.4, -0.2) is 68.0 Å². The number of benzene rings is 1. The largest absolute Gasteiger partial charge is 0.416 e. The highest BCUT2D eigenvalue weighted by molar-refractivity contribution is 7.95. The second-order valence-electron chi connectivity index (χ2n) is 9.64. The molecule has 3 heterocycles. The second-order valence-corrected chi connectivity index (χ2v) is 11.7. The van der Waals surface area contributed by atoms with E-state index in [1.807, 2.05) is 11.0 Å². The van der Waals surface area contributed by atoms with Crippen LogP contribution >= 0.6 is 11.6 Å². The molecule has 0 bridgehead atoms. The number of hydrogen-bond acceptors (Lipinski definition) is 6. The SMILES string of the molecule is C=C[C@H]1CN(c2ncc(NS(=O)(=O)C=C)cc2Cl)CCN1C1CCN(Cc2ccc(C(F)(F)F)cc2F)CC1. The minimum atomic E-state index is -4.57. The van der Waals surface area contributed by atoms with Crippen molar-refractivity contribution in [3.05, 3.63) is 77.1 Å². The molecule has 2 fully saturated rings. The monoisotopic (exact) mass is 587 g/mol. The first-order valence-corrected chi connectivity index (χ1v) is 14.3. The molecule has 2 aromatic rings. The van der Waals surface area contributed by atoms with Gasteiger partial charge in [-0.3, -0.25) is 14.5 Å². The topological polar surface area (TPSA) is 68.8 Å². The number of pyridine rings is 1. The van der Waals surface area contributed by atoms with E-state index >= 15 is 0 Å². The first kappa shape index (κ1) is 29.3. The van der Waals surface area contributed by atoms with Gasteiger partial charge in [0.15, 0.2) is 0 Å². The normalized spacial score (nSPS) is 20.1. The molecule has 7 nitrogen and oxygen atoms in total. The van der Waals surface area contributed by atoms with Crippen LogP contribution in [0.2, 0.25) is 5.02 Å². The van der Waals surface area contributed by atoms with Crippen LogP contribution in [0.3, 0.4) is 0 Å². The van der Waals surface area contributed by atoms with Crippen LogP contribution in [0.4, 0.5) is 29.1 Å². The third kappa shape index (κ3) is 7.10. The number of hydrogen-bond donors (Lipinski definition) is 1. The maximum atomic E-state index is 14.3. The van der Waals surface area contributed by atoms with Gasteiger partial charge in [0.2, 0.25) is 0 Å². The Labute approximate surface area is 230 Å². The zero-order chi connectivity index (χ0) is 28.4. The van der Waals surface area contributed by atoms with E-state index in [-0.39, 0.29) is 29.9 Å². The summed E-state index contributed by atoms with van der Waals surface area (Å²) in [5.74, 6) is -0.286. The minimum Gasteiger partial charge on any atom is -0.352 e. The predicted octanol–water partition coefficient (Wildman–Crippen LogP) is 5.12. The van der Waals surface area contributed by atoms with Gasteiger partial charge in [-0.1, -0.05) is 30.3 Å². The maximum Gasteiger partial charge on any atom is 0.416 e. The van der Waals surface area contributed by atoms with Gasteiger partial charge in [-0.05, 0) is 44.1 Å². The summed E-state index contributed by atoms with van der Waals surface area (Å²) in [6.07, 6.45) is 0.400. The molecule has 1 aromatic carbocycles. The number of nitrogens with one attached hydrogen (secondary N) is 1. The molecule has 0 aliphatic carbocycles. The molecule has 0 amide bonds. The number of halogens is 5. The number of piperidine rings is 1. The lowest BCUT2D eigenvalue weighted by molar-refractivity contribution is -0.137. The Hall–Kier alpha value is -2.67. The minimum absolute atomic E-state index is 0.0273. The van der Waals surface area contributed by atoms with Crippen LogP contribution in [-0.2, 0) is 22.7 Å². The number of alkyl halides is 3. The molecule has 212 valence electrons. The summed E-state index contributed by atoms with van der Waals surface area (Å²) in [5, 5.41) is 1.12. The predicted molar refractivity (Wildman–Crippen MR) is 145 cm³/mol. The molecular weight excluding hydrogens is 558 g/mol. The van der Waals surface area contributed by atoms with Crippen molar-refractivity contribution in [2.45, 2.75) is 37.6 Å². The van der Waals surface area contributed by atoms with Gasteiger partial charge >= 0.3 is 6.18 Å². The van der Waals surface area contributed by atoms with Gasteiger partial charge < -0.3 is 4.90 Å². The van der Waals surface area contributed by atoms with E-state index < -0.39 is 27.6 Å². The zero-order valence-corrected chi connectivity index (χ0v) is 22.7. The molecule has 0 radical (unpaired) electrons. The Morgan fingerprint density at radius 1 is 1.13 bits per heavy atom. The molecule has 0 unspecified atom stereocenters. The Morgan fingerprint density at radius 3 is 2.44 bits per heavy atom. The van der Waals surface area contributed by atoms with E-state index in [1.165, 1.54) is 18.3 Å². The number of nitrogens with zero attached hydrogens (tertiary/aromatic N) is 4. The second kappa shape index (κ2) is 11.8. The molecule has 2 saturated heterocycles. The van der Waals surface area contributed by atoms with E-state index in [0.29, 0.717) is 43.1 Å². The number of piperazine rings is 1. The van der Waals surface area contributed by atoms with Crippen molar-refractivity contribution in [2.75, 3.05) is 42.3 Å². The van der Waals surface area contributed by atoms with E-state index in [2.05, 4.69) is 32.7 Å². The molecule has 0 saturated carbocycles. The molecule has 2 aliphatic heterocycles. The van der Waals surface area contributed by atoms with Gasteiger partial charge in [0, 0.05) is 49.2 Å². The average Bonchev–Trinajstić information content (AvgIpc) is 2.89. The summed E-state index contributed by atoms with van der Waals surface area (Å²) >= 11 is 6.44. The zero-order valence-electron chi connectivity index (χ0n) is 21.2. The Kier molecular flexibility index (Phi) is 8.89. The first-order valence-electron chi connectivity index (χ1n) is 12.4. The van der Waals surface area contributed by atoms with E-state index in [0.717, 1.165) is 30.9 Å². The van der Waals surface area contributed by atoms with Crippen LogP contribution in [0.25, 0.3) is 0 Å². The van der Waals surface area contributed by atoms with E-state index in [1.54, 1.807) is 0 Å².